The zero-order valence-electron chi connectivity index (χ0n) is 19.1. The smallest absolute Gasteiger partial charge is 0.368 e. The van der Waals surface area contributed by atoms with E-state index in [1.807, 2.05) is 77.9 Å². The first kappa shape index (κ1) is 22.3. The first-order valence-corrected chi connectivity index (χ1v) is 10.1. The summed E-state index contributed by atoms with van der Waals surface area (Å²) >= 11 is 0. The molecule has 0 aliphatic rings. The van der Waals surface area contributed by atoms with E-state index < -0.39 is 0 Å². The van der Waals surface area contributed by atoms with Crippen molar-refractivity contribution in [1.82, 2.24) is 19.8 Å². The van der Waals surface area contributed by atoms with Crippen molar-refractivity contribution in [3.05, 3.63) is 69.1 Å². The molecule has 8 heteroatoms. The van der Waals surface area contributed by atoms with Crippen LogP contribution in [0.5, 0.6) is 5.75 Å². The molecule has 0 bridgehead atoms. The van der Waals surface area contributed by atoms with E-state index in [1.165, 1.54) is 9.36 Å². The number of aryl methyl sites for hydroxylation is 3. The van der Waals surface area contributed by atoms with Gasteiger partial charge in [0.2, 0.25) is 0 Å². The fourth-order valence-corrected chi connectivity index (χ4v) is 2.98. The van der Waals surface area contributed by atoms with E-state index in [9.17, 15) is 4.79 Å². The molecule has 0 spiro atoms. The second-order valence-electron chi connectivity index (χ2n) is 8.52. The lowest BCUT2D eigenvalue weighted by Gasteiger charge is -2.17. The zero-order valence-corrected chi connectivity index (χ0v) is 19.1. The Bertz CT molecular complexity index is 1170. The van der Waals surface area contributed by atoms with Crippen LogP contribution in [-0.2, 0) is 18.5 Å². The van der Waals surface area contributed by atoms with Gasteiger partial charge in [-0.1, -0.05) is 17.3 Å². The van der Waals surface area contributed by atoms with E-state index in [2.05, 4.69) is 15.6 Å². The van der Waals surface area contributed by atoms with Crippen molar-refractivity contribution in [3.63, 3.8) is 0 Å². The van der Waals surface area contributed by atoms with E-state index in [-0.39, 0.29) is 11.3 Å². The van der Waals surface area contributed by atoms with Gasteiger partial charge in [-0.3, -0.25) is 0 Å². The maximum Gasteiger partial charge on any atom is 0.368 e. The van der Waals surface area contributed by atoms with Gasteiger partial charge in [-0.15, -0.1) is 0 Å². The number of nitrogens with zero attached hydrogens (tertiary/aromatic N) is 5. The second-order valence-corrected chi connectivity index (χ2v) is 8.52. The topological polar surface area (TPSA) is 83.5 Å². The molecular weight excluding hydrogens is 394 g/mol. The second kappa shape index (κ2) is 8.75. The largest absolute Gasteiger partial charge is 0.489 e. The molecule has 0 saturated carbocycles. The molecule has 3 rings (SSSR count). The summed E-state index contributed by atoms with van der Waals surface area (Å²) in [5.41, 5.74) is 4.65. The first-order valence-electron chi connectivity index (χ1n) is 10.1. The van der Waals surface area contributed by atoms with E-state index in [4.69, 9.17) is 9.57 Å². The van der Waals surface area contributed by atoms with Crippen LogP contribution in [0.2, 0.25) is 0 Å². The number of rotatable bonds is 6. The Balaban J connectivity index is 1.83. The highest BCUT2D eigenvalue weighted by atomic mass is 16.6. The molecule has 0 fully saturated rings. The van der Waals surface area contributed by atoms with Crippen molar-refractivity contribution < 1.29 is 9.57 Å². The van der Waals surface area contributed by atoms with Crippen molar-refractivity contribution in [2.45, 2.75) is 53.8 Å². The number of benzene rings is 2. The van der Waals surface area contributed by atoms with Crippen LogP contribution in [0.1, 0.15) is 49.9 Å². The molecule has 0 atom stereocenters. The fourth-order valence-electron chi connectivity index (χ4n) is 2.98. The van der Waals surface area contributed by atoms with Crippen LogP contribution in [0.15, 0.2) is 46.3 Å². The first-order chi connectivity index (χ1) is 14.6. The normalized spacial score (nSPS) is 12.2. The molecule has 164 valence electrons. The van der Waals surface area contributed by atoms with Crippen LogP contribution < -0.4 is 10.4 Å². The average Bonchev–Trinajstić information content (AvgIpc) is 3.03. The summed E-state index contributed by atoms with van der Waals surface area (Å²) < 4.78 is 8.61. The van der Waals surface area contributed by atoms with Crippen molar-refractivity contribution in [2.75, 3.05) is 0 Å². The third-order valence-electron chi connectivity index (χ3n) is 4.76. The molecule has 3 aromatic rings. The Morgan fingerprint density at radius 1 is 1.10 bits per heavy atom. The van der Waals surface area contributed by atoms with Gasteiger partial charge in [0.25, 0.3) is 0 Å². The number of tetrazole rings is 1. The van der Waals surface area contributed by atoms with Gasteiger partial charge in [-0.25, -0.2) is 4.79 Å². The van der Waals surface area contributed by atoms with Crippen LogP contribution in [0, 0.1) is 13.8 Å². The Labute approximate surface area is 182 Å². The van der Waals surface area contributed by atoms with Crippen molar-refractivity contribution in [3.8, 4) is 11.4 Å². The lowest BCUT2D eigenvalue weighted by Crippen LogP contribution is -2.23. The van der Waals surface area contributed by atoms with E-state index in [0.29, 0.717) is 12.3 Å². The van der Waals surface area contributed by atoms with Gasteiger partial charge in [0, 0.05) is 12.6 Å². The highest BCUT2D eigenvalue weighted by Gasteiger charge is 2.15. The van der Waals surface area contributed by atoms with E-state index in [1.54, 1.807) is 7.05 Å². The molecule has 8 nitrogen and oxygen atoms in total. The molecule has 1 aromatic heterocycles. The number of hydrogen-bond acceptors (Lipinski definition) is 6. The minimum Gasteiger partial charge on any atom is -0.489 e. The lowest BCUT2D eigenvalue weighted by atomic mass is 10.1. The molecule has 2 aromatic carbocycles. The van der Waals surface area contributed by atoms with Crippen LogP contribution >= 0.6 is 0 Å². The van der Waals surface area contributed by atoms with Crippen molar-refractivity contribution in [2.24, 2.45) is 12.2 Å². The molecule has 0 unspecified atom stereocenters. The van der Waals surface area contributed by atoms with Crippen molar-refractivity contribution >= 4 is 5.71 Å². The number of ether oxygens (including phenoxy) is 1. The van der Waals surface area contributed by atoms with Gasteiger partial charge < -0.3 is 9.57 Å². The Morgan fingerprint density at radius 3 is 2.45 bits per heavy atom. The lowest BCUT2D eigenvalue weighted by molar-refractivity contribution is 0.000954. The highest BCUT2D eigenvalue weighted by molar-refractivity contribution is 5.98. The third kappa shape index (κ3) is 5.20. The molecule has 0 N–H and O–H groups in total. The number of oxime groups is 1. The van der Waals surface area contributed by atoms with Gasteiger partial charge in [0.1, 0.15) is 18.0 Å². The molecule has 0 aliphatic carbocycles. The molecule has 0 radical (unpaired) electrons. The summed E-state index contributed by atoms with van der Waals surface area (Å²) in [4.78, 5) is 17.8. The molecule has 0 saturated heterocycles. The SMILES string of the molecule is CC(=NOC(C)(C)C)c1ccc(OCc2c(C)cccc2-n2nnn(C)c2=O)c(C)c1. The molecule has 0 amide bonds. The standard InChI is InChI=1S/C23H29N5O3/c1-15-9-8-10-20(28-22(29)27(7)25-26-28)19(15)14-30-21-12-11-18(13-16(21)2)17(3)24-31-23(4,5)6/h8-13H,14H2,1-7H3. The minimum absolute atomic E-state index is 0.297. The summed E-state index contributed by atoms with van der Waals surface area (Å²) in [6.07, 6.45) is 0. The van der Waals surface area contributed by atoms with Crippen LogP contribution in [-0.4, -0.2) is 31.1 Å². The van der Waals surface area contributed by atoms with Gasteiger partial charge in [0.05, 0.1) is 11.4 Å². The minimum atomic E-state index is -0.338. The Hall–Kier alpha value is -3.42. The van der Waals surface area contributed by atoms with E-state index >= 15 is 0 Å². The van der Waals surface area contributed by atoms with Gasteiger partial charge >= 0.3 is 5.69 Å². The Kier molecular flexibility index (Phi) is 6.29. The van der Waals surface area contributed by atoms with Gasteiger partial charge in [-0.2, -0.15) is 9.36 Å². The maximum atomic E-state index is 12.3. The van der Waals surface area contributed by atoms with Crippen LogP contribution in [0.4, 0.5) is 0 Å². The summed E-state index contributed by atoms with van der Waals surface area (Å²) in [5.74, 6) is 0.758. The van der Waals surface area contributed by atoms with Gasteiger partial charge in [0.15, 0.2) is 0 Å². The van der Waals surface area contributed by atoms with Crippen LogP contribution in [0.3, 0.4) is 0 Å². The van der Waals surface area contributed by atoms with Crippen LogP contribution in [0.25, 0.3) is 5.69 Å². The fraction of sp³-hybridized carbons (Fsp3) is 0.391. The predicted octanol–water partition coefficient (Wildman–Crippen LogP) is 3.70. The summed E-state index contributed by atoms with van der Waals surface area (Å²) in [6, 6.07) is 11.6. The summed E-state index contributed by atoms with van der Waals surface area (Å²) in [6.45, 7) is 12.1. The maximum absolute atomic E-state index is 12.3. The number of aromatic nitrogens is 4. The quantitative estimate of drug-likeness (QED) is 0.446. The zero-order chi connectivity index (χ0) is 22.8. The monoisotopic (exact) mass is 423 g/mol. The summed E-state index contributed by atoms with van der Waals surface area (Å²) in [7, 11) is 1.57. The molecule has 1 heterocycles. The third-order valence-corrected chi connectivity index (χ3v) is 4.76. The molecule has 0 aliphatic heterocycles. The highest BCUT2D eigenvalue weighted by Crippen LogP contribution is 2.24. The predicted molar refractivity (Wildman–Crippen MR) is 120 cm³/mol. The number of hydrogen-bond donors (Lipinski definition) is 0. The van der Waals surface area contributed by atoms with Gasteiger partial charge in [-0.05, 0) is 92.9 Å². The summed E-state index contributed by atoms with van der Waals surface area (Å²) in [5, 5.41) is 12.0. The Morgan fingerprint density at radius 2 is 1.84 bits per heavy atom. The molecular formula is C23H29N5O3. The van der Waals surface area contributed by atoms with E-state index in [0.717, 1.165) is 33.7 Å². The average molecular weight is 424 g/mol. The van der Waals surface area contributed by atoms with Crippen molar-refractivity contribution in [1.29, 1.82) is 0 Å². The molecule has 31 heavy (non-hydrogen) atoms.